The molecule has 0 saturated heterocycles. The summed E-state index contributed by atoms with van der Waals surface area (Å²) < 4.78 is 10.4. The highest BCUT2D eigenvalue weighted by Gasteiger charge is 2.28. The van der Waals surface area contributed by atoms with Gasteiger partial charge in [-0.1, -0.05) is 6.07 Å². The molecule has 1 unspecified atom stereocenters. The van der Waals surface area contributed by atoms with Crippen LogP contribution in [0.4, 0.5) is 0 Å². The molecule has 0 spiro atoms. The van der Waals surface area contributed by atoms with Gasteiger partial charge in [0.25, 0.3) is 0 Å². The normalized spacial score (nSPS) is 16.4. The second-order valence-corrected chi connectivity index (χ2v) is 5.65. The summed E-state index contributed by atoms with van der Waals surface area (Å²) in [4.78, 5) is 11.4. The van der Waals surface area contributed by atoms with E-state index in [1.54, 1.807) is 6.92 Å². The van der Waals surface area contributed by atoms with Crippen molar-refractivity contribution < 1.29 is 14.3 Å². The third kappa shape index (κ3) is 3.51. The van der Waals surface area contributed by atoms with Crippen LogP contribution >= 0.6 is 0 Å². The lowest BCUT2D eigenvalue weighted by molar-refractivity contribution is -0.146. The fourth-order valence-electron chi connectivity index (χ4n) is 2.60. The zero-order valence-electron chi connectivity index (χ0n) is 12.3. The molecule has 110 valence electrons. The molecule has 2 rings (SSSR count). The molecule has 0 aliphatic heterocycles. The van der Waals surface area contributed by atoms with Crippen LogP contribution in [0.25, 0.3) is 0 Å². The SMILES string of the molecule is COC(=O)C(C)(N)CCCOc1ccc2c(c1)CCC2. The van der Waals surface area contributed by atoms with E-state index in [0.717, 1.165) is 18.6 Å². The molecule has 0 aromatic heterocycles. The number of ether oxygens (including phenoxy) is 2. The first-order valence-corrected chi connectivity index (χ1v) is 7.15. The molecule has 0 saturated carbocycles. The van der Waals surface area contributed by atoms with Crippen LogP contribution in [-0.4, -0.2) is 25.2 Å². The van der Waals surface area contributed by atoms with E-state index in [4.69, 9.17) is 10.5 Å². The predicted molar refractivity (Wildman–Crippen MR) is 77.8 cm³/mol. The van der Waals surface area contributed by atoms with Crippen molar-refractivity contribution >= 4 is 5.97 Å². The van der Waals surface area contributed by atoms with E-state index < -0.39 is 5.54 Å². The minimum absolute atomic E-state index is 0.380. The molecule has 1 aromatic rings. The highest BCUT2D eigenvalue weighted by molar-refractivity contribution is 5.79. The van der Waals surface area contributed by atoms with Crippen LogP contribution in [0.15, 0.2) is 18.2 Å². The quantitative estimate of drug-likeness (QED) is 0.640. The van der Waals surface area contributed by atoms with Gasteiger partial charge in [0, 0.05) is 0 Å². The average Bonchev–Trinajstić information content (AvgIpc) is 2.90. The fourth-order valence-corrected chi connectivity index (χ4v) is 2.60. The van der Waals surface area contributed by atoms with Crippen molar-refractivity contribution in [2.24, 2.45) is 5.73 Å². The van der Waals surface area contributed by atoms with Crippen molar-refractivity contribution in [2.75, 3.05) is 13.7 Å². The fraction of sp³-hybridized carbons (Fsp3) is 0.562. The smallest absolute Gasteiger partial charge is 0.325 e. The zero-order valence-corrected chi connectivity index (χ0v) is 12.3. The third-order valence-corrected chi connectivity index (χ3v) is 3.83. The first-order valence-electron chi connectivity index (χ1n) is 7.15. The Morgan fingerprint density at radius 3 is 2.85 bits per heavy atom. The number of fused-ring (bicyclic) bond motifs is 1. The Morgan fingerprint density at radius 1 is 1.35 bits per heavy atom. The molecule has 0 heterocycles. The summed E-state index contributed by atoms with van der Waals surface area (Å²) in [6.07, 6.45) is 4.84. The maximum absolute atomic E-state index is 11.4. The summed E-state index contributed by atoms with van der Waals surface area (Å²) in [5.41, 5.74) is 7.81. The number of aryl methyl sites for hydroxylation is 2. The first kappa shape index (κ1) is 14.9. The molecule has 4 nitrogen and oxygen atoms in total. The molecule has 1 atom stereocenters. The Morgan fingerprint density at radius 2 is 2.10 bits per heavy atom. The van der Waals surface area contributed by atoms with Gasteiger partial charge in [-0.2, -0.15) is 0 Å². The monoisotopic (exact) mass is 277 g/mol. The van der Waals surface area contributed by atoms with Crippen LogP contribution in [0.2, 0.25) is 0 Å². The van der Waals surface area contributed by atoms with Crippen LogP contribution in [-0.2, 0) is 22.4 Å². The average molecular weight is 277 g/mol. The van der Waals surface area contributed by atoms with E-state index in [2.05, 4.69) is 16.9 Å². The molecule has 0 bridgehead atoms. The number of methoxy groups -OCH3 is 1. The Kier molecular flexibility index (Phi) is 4.65. The van der Waals surface area contributed by atoms with Gasteiger partial charge in [-0.3, -0.25) is 4.79 Å². The molecular formula is C16H23NO3. The van der Waals surface area contributed by atoms with Gasteiger partial charge >= 0.3 is 5.97 Å². The molecule has 1 aromatic carbocycles. The highest BCUT2D eigenvalue weighted by atomic mass is 16.5. The van der Waals surface area contributed by atoms with Crippen LogP contribution in [0.1, 0.15) is 37.3 Å². The summed E-state index contributed by atoms with van der Waals surface area (Å²) in [5.74, 6) is 0.525. The standard InChI is InChI=1S/C16H23NO3/c1-16(17,15(18)19-2)9-4-10-20-14-8-7-12-5-3-6-13(12)11-14/h7-8,11H,3-6,9-10,17H2,1-2H3. The lowest BCUT2D eigenvalue weighted by atomic mass is 9.98. The van der Waals surface area contributed by atoms with Gasteiger partial charge in [-0.15, -0.1) is 0 Å². The first-order chi connectivity index (χ1) is 9.53. The second-order valence-electron chi connectivity index (χ2n) is 5.65. The Labute approximate surface area is 120 Å². The topological polar surface area (TPSA) is 61.5 Å². The number of benzene rings is 1. The van der Waals surface area contributed by atoms with Crippen molar-refractivity contribution in [1.29, 1.82) is 0 Å². The van der Waals surface area contributed by atoms with Gasteiger partial charge in [0.2, 0.25) is 0 Å². The highest BCUT2D eigenvalue weighted by Crippen LogP contribution is 2.26. The van der Waals surface area contributed by atoms with Gasteiger partial charge < -0.3 is 15.2 Å². The molecular weight excluding hydrogens is 254 g/mol. The van der Waals surface area contributed by atoms with E-state index in [1.807, 2.05) is 6.07 Å². The number of carbonyl (C=O) groups excluding carboxylic acids is 1. The van der Waals surface area contributed by atoms with Crippen molar-refractivity contribution in [3.8, 4) is 5.75 Å². The maximum Gasteiger partial charge on any atom is 0.325 e. The lowest BCUT2D eigenvalue weighted by Crippen LogP contribution is -2.45. The number of carbonyl (C=O) groups is 1. The van der Waals surface area contributed by atoms with E-state index >= 15 is 0 Å². The molecule has 2 N–H and O–H groups in total. The Bertz CT molecular complexity index is 483. The summed E-state index contributed by atoms with van der Waals surface area (Å²) in [6, 6.07) is 6.30. The van der Waals surface area contributed by atoms with E-state index in [0.29, 0.717) is 13.0 Å². The number of hydrogen-bond acceptors (Lipinski definition) is 4. The summed E-state index contributed by atoms with van der Waals surface area (Å²) in [7, 11) is 1.36. The van der Waals surface area contributed by atoms with Gasteiger partial charge in [0.1, 0.15) is 11.3 Å². The van der Waals surface area contributed by atoms with Crippen molar-refractivity contribution in [2.45, 2.75) is 44.6 Å². The molecule has 0 amide bonds. The van der Waals surface area contributed by atoms with Crippen molar-refractivity contribution in [3.63, 3.8) is 0 Å². The molecule has 0 radical (unpaired) electrons. The van der Waals surface area contributed by atoms with E-state index in [9.17, 15) is 4.79 Å². The minimum Gasteiger partial charge on any atom is -0.494 e. The Balaban J connectivity index is 1.78. The summed E-state index contributed by atoms with van der Waals surface area (Å²) in [5, 5.41) is 0. The van der Waals surface area contributed by atoms with Crippen molar-refractivity contribution in [1.82, 2.24) is 0 Å². The number of hydrogen-bond donors (Lipinski definition) is 1. The van der Waals surface area contributed by atoms with E-state index in [-0.39, 0.29) is 5.97 Å². The minimum atomic E-state index is -0.934. The zero-order chi connectivity index (χ0) is 14.6. The molecule has 20 heavy (non-hydrogen) atoms. The van der Waals surface area contributed by atoms with Gasteiger partial charge in [-0.05, 0) is 62.3 Å². The van der Waals surface area contributed by atoms with Crippen LogP contribution in [0, 0.1) is 0 Å². The van der Waals surface area contributed by atoms with Crippen molar-refractivity contribution in [3.05, 3.63) is 29.3 Å². The lowest BCUT2D eigenvalue weighted by Gasteiger charge is -2.21. The maximum atomic E-state index is 11.4. The predicted octanol–water partition coefficient (Wildman–Crippen LogP) is 2.22. The molecule has 1 aliphatic rings. The number of rotatable bonds is 6. The molecule has 4 heteroatoms. The van der Waals surface area contributed by atoms with Gasteiger partial charge in [0.05, 0.1) is 13.7 Å². The van der Waals surface area contributed by atoms with Crippen LogP contribution in [0.3, 0.4) is 0 Å². The van der Waals surface area contributed by atoms with Gasteiger partial charge in [-0.25, -0.2) is 0 Å². The van der Waals surface area contributed by atoms with Gasteiger partial charge in [0.15, 0.2) is 0 Å². The Hall–Kier alpha value is -1.55. The summed E-state index contributed by atoms with van der Waals surface area (Å²) >= 11 is 0. The van der Waals surface area contributed by atoms with E-state index in [1.165, 1.54) is 31.1 Å². The number of nitrogens with two attached hydrogens (primary N) is 1. The largest absolute Gasteiger partial charge is 0.494 e. The molecule has 1 aliphatic carbocycles. The van der Waals surface area contributed by atoms with Crippen LogP contribution in [0.5, 0.6) is 5.75 Å². The summed E-state index contributed by atoms with van der Waals surface area (Å²) in [6.45, 7) is 2.25. The van der Waals surface area contributed by atoms with Crippen LogP contribution < -0.4 is 10.5 Å². The number of esters is 1. The molecule has 0 fully saturated rings. The third-order valence-electron chi connectivity index (χ3n) is 3.83. The second kappa shape index (κ2) is 6.27.